The van der Waals surface area contributed by atoms with Crippen molar-refractivity contribution in [2.24, 2.45) is 11.8 Å². The zero-order valence-corrected chi connectivity index (χ0v) is 5.38. The van der Waals surface area contributed by atoms with Crippen LogP contribution in [0.25, 0.3) is 0 Å². The molecular weight excluding hydrogens is 108 g/mol. The summed E-state index contributed by atoms with van der Waals surface area (Å²) in [6.45, 7) is 0. The highest BCUT2D eigenvalue weighted by Gasteiger charge is 2.23. The molecule has 2 atom stereocenters. The Morgan fingerprint density at radius 1 is 1.00 bits per heavy atom. The van der Waals surface area contributed by atoms with Gasteiger partial charge in [-0.1, -0.05) is 24.3 Å². The number of hydrogen-bond donors (Lipinski definition) is 0. The third-order valence-corrected chi connectivity index (χ3v) is 2.14. The van der Waals surface area contributed by atoms with Crippen LogP contribution in [0, 0.1) is 18.3 Å². The summed E-state index contributed by atoms with van der Waals surface area (Å²) in [6.07, 6.45) is 14.6. The molecule has 0 heterocycles. The van der Waals surface area contributed by atoms with Gasteiger partial charge in [0.05, 0.1) is 0 Å². The second kappa shape index (κ2) is 2.02. The lowest BCUT2D eigenvalue weighted by molar-refractivity contribution is 0.552. The van der Waals surface area contributed by atoms with Crippen LogP contribution in [0.3, 0.4) is 0 Å². The molecule has 46 valence electrons. The Kier molecular flexibility index (Phi) is 1.18. The fraction of sp³-hybridized carbons (Fsp3) is 0.444. The van der Waals surface area contributed by atoms with Crippen LogP contribution in [0.15, 0.2) is 24.3 Å². The Balaban J connectivity index is 2.18. The summed E-state index contributed by atoms with van der Waals surface area (Å²) in [7, 11) is 0. The Hall–Kier alpha value is -0.520. The minimum absolute atomic E-state index is 0.787. The lowest BCUT2D eigenvalue weighted by Crippen LogP contribution is -2.03. The average Bonchev–Trinajstić information content (AvgIpc) is 2.33. The zero-order valence-electron chi connectivity index (χ0n) is 5.38. The van der Waals surface area contributed by atoms with E-state index in [1.165, 1.54) is 12.8 Å². The molecule has 0 amide bonds. The highest BCUT2D eigenvalue weighted by atomic mass is 14.3. The number of rotatable bonds is 0. The molecule has 2 radical (unpaired) electrons. The highest BCUT2D eigenvalue weighted by Crippen LogP contribution is 2.34. The van der Waals surface area contributed by atoms with Crippen molar-refractivity contribution >= 4 is 0 Å². The molecule has 0 aliphatic heterocycles. The van der Waals surface area contributed by atoms with Gasteiger partial charge in [-0.05, 0) is 31.1 Å². The molecule has 1 fully saturated rings. The first-order valence-corrected chi connectivity index (χ1v) is 3.52. The van der Waals surface area contributed by atoms with Gasteiger partial charge >= 0.3 is 0 Å². The van der Waals surface area contributed by atoms with E-state index in [1.54, 1.807) is 0 Å². The van der Waals surface area contributed by atoms with Gasteiger partial charge in [-0.25, -0.2) is 0 Å². The second-order valence-corrected chi connectivity index (χ2v) is 2.76. The van der Waals surface area contributed by atoms with E-state index < -0.39 is 0 Å². The maximum atomic E-state index is 3.36. The third-order valence-electron chi connectivity index (χ3n) is 2.14. The zero-order chi connectivity index (χ0) is 6.10. The van der Waals surface area contributed by atoms with Gasteiger partial charge in [0.15, 0.2) is 0 Å². The molecule has 0 aromatic heterocycles. The Morgan fingerprint density at radius 2 is 1.56 bits per heavy atom. The van der Waals surface area contributed by atoms with E-state index in [-0.39, 0.29) is 0 Å². The van der Waals surface area contributed by atoms with Gasteiger partial charge in [0.2, 0.25) is 0 Å². The van der Waals surface area contributed by atoms with Crippen LogP contribution < -0.4 is 0 Å². The smallest absolute Gasteiger partial charge is 0.0161 e. The van der Waals surface area contributed by atoms with Crippen molar-refractivity contribution in [3.8, 4) is 0 Å². The van der Waals surface area contributed by atoms with Gasteiger partial charge in [-0.2, -0.15) is 0 Å². The van der Waals surface area contributed by atoms with Crippen LogP contribution in [0.2, 0.25) is 0 Å². The summed E-state index contributed by atoms with van der Waals surface area (Å²) in [5.41, 5.74) is 0. The van der Waals surface area contributed by atoms with Crippen LogP contribution in [0.4, 0.5) is 0 Å². The molecule has 2 rings (SSSR count). The van der Waals surface area contributed by atoms with Gasteiger partial charge in [0.1, 0.15) is 0 Å². The van der Waals surface area contributed by atoms with Crippen molar-refractivity contribution < 1.29 is 0 Å². The molecular formula is C9H10. The molecule has 0 aromatic carbocycles. The second-order valence-electron chi connectivity index (χ2n) is 2.76. The summed E-state index contributed by atoms with van der Waals surface area (Å²) in [6, 6.07) is 0. The summed E-state index contributed by atoms with van der Waals surface area (Å²) >= 11 is 0. The molecule has 0 spiro atoms. The van der Waals surface area contributed by atoms with Crippen molar-refractivity contribution in [3.05, 3.63) is 30.7 Å². The van der Waals surface area contributed by atoms with Gasteiger partial charge in [-0.3, -0.25) is 0 Å². The molecule has 0 aromatic rings. The van der Waals surface area contributed by atoms with Crippen molar-refractivity contribution in [2.45, 2.75) is 12.8 Å². The van der Waals surface area contributed by atoms with Gasteiger partial charge in [0.25, 0.3) is 0 Å². The molecule has 0 N–H and O–H groups in total. The van der Waals surface area contributed by atoms with Crippen molar-refractivity contribution in [3.63, 3.8) is 0 Å². The Bertz CT molecular complexity index is 135. The predicted molar refractivity (Wildman–Crippen MR) is 37.7 cm³/mol. The van der Waals surface area contributed by atoms with E-state index in [1.807, 2.05) is 0 Å². The molecule has 2 aliphatic rings. The summed E-state index contributed by atoms with van der Waals surface area (Å²) in [5, 5.41) is 0. The maximum absolute atomic E-state index is 3.36. The molecule has 0 bridgehead atoms. The van der Waals surface area contributed by atoms with E-state index in [0.29, 0.717) is 0 Å². The maximum Gasteiger partial charge on any atom is -0.0161 e. The van der Waals surface area contributed by atoms with Crippen LogP contribution in [-0.2, 0) is 0 Å². The largest absolute Gasteiger partial charge is 0.0808 e. The fourth-order valence-electron chi connectivity index (χ4n) is 1.55. The lowest BCUT2D eigenvalue weighted by Gasteiger charge is -2.13. The molecule has 1 saturated carbocycles. The van der Waals surface area contributed by atoms with Crippen molar-refractivity contribution in [1.29, 1.82) is 0 Å². The van der Waals surface area contributed by atoms with E-state index in [0.717, 1.165) is 11.8 Å². The predicted octanol–water partition coefficient (Wildman–Crippen LogP) is 2.22. The number of allylic oxidation sites excluding steroid dienone is 4. The topological polar surface area (TPSA) is 0 Å². The highest BCUT2D eigenvalue weighted by molar-refractivity contribution is 5.17. The van der Waals surface area contributed by atoms with Crippen LogP contribution in [0.1, 0.15) is 12.8 Å². The summed E-state index contributed by atoms with van der Waals surface area (Å²) in [4.78, 5) is 0. The van der Waals surface area contributed by atoms with Gasteiger partial charge in [0, 0.05) is 0 Å². The van der Waals surface area contributed by atoms with Crippen LogP contribution in [-0.4, -0.2) is 0 Å². The third kappa shape index (κ3) is 0.827. The van der Waals surface area contributed by atoms with E-state index in [9.17, 15) is 0 Å². The van der Waals surface area contributed by atoms with E-state index in [4.69, 9.17) is 0 Å². The average molecular weight is 118 g/mol. The minimum atomic E-state index is 0.787. The van der Waals surface area contributed by atoms with Crippen LogP contribution in [0.5, 0.6) is 0 Å². The van der Waals surface area contributed by atoms with Crippen molar-refractivity contribution in [2.75, 3.05) is 0 Å². The molecule has 2 aliphatic carbocycles. The molecule has 0 saturated heterocycles. The first-order valence-electron chi connectivity index (χ1n) is 3.52. The molecule has 2 unspecified atom stereocenters. The van der Waals surface area contributed by atoms with Gasteiger partial charge < -0.3 is 0 Å². The molecule has 9 heavy (non-hydrogen) atoms. The minimum Gasteiger partial charge on any atom is -0.0808 e. The summed E-state index contributed by atoms with van der Waals surface area (Å²) < 4.78 is 0. The Morgan fingerprint density at radius 3 is 2.11 bits per heavy atom. The number of fused-ring (bicyclic) bond motifs is 1. The van der Waals surface area contributed by atoms with Crippen LogP contribution >= 0.6 is 0 Å². The van der Waals surface area contributed by atoms with Gasteiger partial charge in [-0.15, -0.1) is 0 Å². The van der Waals surface area contributed by atoms with E-state index >= 15 is 0 Å². The SMILES string of the molecule is [C]1CC2C=CC=CC2C1. The quantitative estimate of drug-likeness (QED) is 0.457. The number of hydrogen-bond acceptors (Lipinski definition) is 0. The van der Waals surface area contributed by atoms with Crippen molar-refractivity contribution in [1.82, 2.24) is 0 Å². The summed E-state index contributed by atoms with van der Waals surface area (Å²) in [5.74, 6) is 1.57. The fourth-order valence-corrected chi connectivity index (χ4v) is 1.55. The molecule has 0 nitrogen and oxygen atoms in total. The first kappa shape index (κ1) is 5.28. The van der Waals surface area contributed by atoms with E-state index in [2.05, 4.69) is 30.7 Å². The normalized spacial score (nSPS) is 39.1. The Labute approximate surface area is 56.3 Å². The molecule has 0 heteroatoms. The monoisotopic (exact) mass is 118 g/mol. The first-order chi connectivity index (χ1) is 4.47. The lowest BCUT2D eigenvalue weighted by atomic mass is 9.92. The standard InChI is InChI=1S/C9H10/c1-2-5-9-7-3-6-8(9)4-1/h1-2,4-5,8-9H,6-7H2.